The Balaban J connectivity index is 0.00000341. The minimum atomic E-state index is 0. The predicted molar refractivity (Wildman–Crippen MR) is 137 cm³/mol. The molecule has 3 rings (SSSR count). The molecular weight excluding hydrogens is 529 g/mol. The van der Waals surface area contributed by atoms with E-state index >= 15 is 0 Å². The summed E-state index contributed by atoms with van der Waals surface area (Å²) < 4.78 is 10.8. The number of anilines is 1. The van der Waals surface area contributed by atoms with Crippen LogP contribution in [0.3, 0.4) is 0 Å². The van der Waals surface area contributed by atoms with E-state index in [9.17, 15) is 0 Å². The van der Waals surface area contributed by atoms with E-state index in [0.717, 1.165) is 49.0 Å². The van der Waals surface area contributed by atoms with Crippen LogP contribution in [0, 0.1) is 0 Å². The van der Waals surface area contributed by atoms with E-state index in [1.807, 2.05) is 30.3 Å². The second-order valence-electron chi connectivity index (χ2n) is 7.15. The van der Waals surface area contributed by atoms with E-state index in [2.05, 4.69) is 31.6 Å². The quantitative estimate of drug-likeness (QED) is 0.211. The molecule has 2 heterocycles. The number of aliphatic imine (C=N–C) groups is 1. The van der Waals surface area contributed by atoms with Gasteiger partial charge in [0.1, 0.15) is 11.6 Å². The molecule has 1 unspecified atom stereocenters. The maximum atomic E-state index is 6.29. The van der Waals surface area contributed by atoms with Crippen LogP contribution in [0.5, 0.6) is 5.75 Å². The third-order valence-corrected chi connectivity index (χ3v) is 5.21. The zero-order valence-electron chi connectivity index (χ0n) is 18.0. The molecule has 1 aliphatic rings. The molecule has 31 heavy (non-hydrogen) atoms. The van der Waals surface area contributed by atoms with Crippen molar-refractivity contribution in [3.05, 3.63) is 53.2 Å². The lowest BCUT2D eigenvalue weighted by atomic mass is 10.2. The van der Waals surface area contributed by atoms with Crippen LogP contribution in [-0.2, 0) is 11.3 Å². The Morgan fingerprint density at radius 3 is 2.94 bits per heavy atom. The molecule has 170 valence electrons. The van der Waals surface area contributed by atoms with Gasteiger partial charge in [-0.2, -0.15) is 0 Å². The smallest absolute Gasteiger partial charge is 0.191 e. The number of methoxy groups -OCH3 is 1. The third-order valence-electron chi connectivity index (χ3n) is 4.91. The highest BCUT2D eigenvalue weighted by Crippen LogP contribution is 2.25. The summed E-state index contributed by atoms with van der Waals surface area (Å²) >= 11 is 6.29. The van der Waals surface area contributed by atoms with Gasteiger partial charge in [-0.05, 0) is 36.2 Å². The zero-order chi connectivity index (χ0) is 21.2. The fourth-order valence-corrected chi connectivity index (χ4v) is 3.63. The van der Waals surface area contributed by atoms with Gasteiger partial charge in [0.05, 0.1) is 11.6 Å². The summed E-state index contributed by atoms with van der Waals surface area (Å²) in [4.78, 5) is 11.0. The molecule has 1 aromatic heterocycles. The van der Waals surface area contributed by atoms with Gasteiger partial charge in [0.25, 0.3) is 0 Å². The first-order valence-electron chi connectivity index (χ1n) is 10.2. The topological polar surface area (TPSA) is 71.0 Å². The van der Waals surface area contributed by atoms with Crippen molar-refractivity contribution in [1.82, 2.24) is 15.6 Å². The monoisotopic (exact) mass is 559 g/mol. The molecule has 0 aliphatic carbocycles. The zero-order valence-corrected chi connectivity index (χ0v) is 21.1. The van der Waals surface area contributed by atoms with Crippen molar-refractivity contribution in [3.63, 3.8) is 0 Å². The van der Waals surface area contributed by atoms with Gasteiger partial charge in [0.2, 0.25) is 0 Å². The number of aromatic nitrogens is 1. The van der Waals surface area contributed by atoms with Gasteiger partial charge < -0.3 is 25.0 Å². The Hall–Kier alpha value is -1.78. The average Bonchev–Trinajstić information content (AvgIpc) is 3.23. The Labute approximate surface area is 206 Å². The lowest BCUT2D eigenvalue weighted by molar-refractivity contribution is 0.172. The Bertz CT molecular complexity index is 839. The number of benzene rings is 1. The first-order chi connectivity index (χ1) is 14.7. The van der Waals surface area contributed by atoms with Crippen LogP contribution in [0.1, 0.15) is 18.4 Å². The molecule has 0 radical (unpaired) electrons. The van der Waals surface area contributed by atoms with Crippen LogP contribution in [0.4, 0.5) is 5.82 Å². The normalized spacial score (nSPS) is 16.0. The molecule has 0 bridgehead atoms. The van der Waals surface area contributed by atoms with E-state index in [-0.39, 0.29) is 30.0 Å². The number of nitrogens with zero attached hydrogens (tertiary/aromatic N) is 3. The van der Waals surface area contributed by atoms with Gasteiger partial charge in [-0.15, -0.1) is 24.0 Å². The van der Waals surface area contributed by atoms with Gasteiger partial charge in [-0.25, -0.2) is 4.98 Å². The summed E-state index contributed by atoms with van der Waals surface area (Å²) in [5.41, 5.74) is 1.13. The molecule has 7 nitrogen and oxygen atoms in total. The van der Waals surface area contributed by atoms with E-state index in [0.29, 0.717) is 24.8 Å². The average molecular weight is 560 g/mol. The third kappa shape index (κ3) is 8.01. The highest BCUT2D eigenvalue weighted by molar-refractivity contribution is 14.0. The molecule has 1 aliphatic heterocycles. The summed E-state index contributed by atoms with van der Waals surface area (Å²) in [6.45, 7) is 3.76. The standard InChI is InChI=1S/C22H30ClN5O2.HI/c1-24-22(26-15-17-6-3-7-19(14-17)30-13-5-12-29-2)27-18-9-11-28(16-18)21-20(23)8-4-10-25-21;/h3-4,6-8,10,14,18H,5,9,11-13,15-16H2,1-2H3,(H2,24,26,27);1H. The fourth-order valence-electron chi connectivity index (χ4n) is 3.39. The Kier molecular flexibility index (Phi) is 11.2. The molecule has 0 spiro atoms. The van der Waals surface area contributed by atoms with Crippen molar-refractivity contribution in [2.24, 2.45) is 4.99 Å². The number of halogens is 2. The van der Waals surface area contributed by atoms with Gasteiger partial charge in [0.15, 0.2) is 5.96 Å². The minimum Gasteiger partial charge on any atom is -0.493 e. The maximum Gasteiger partial charge on any atom is 0.191 e. The molecule has 1 saturated heterocycles. The van der Waals surface area contributed by atoms with Gasteiger partial charge in [0, 0.05) is 59.1 Å². The van der Waals surface area contributed by atoms with Crippen molar-refractivity contribution in [2.45, 2.75) is 25.4 Å². The molecule has 9 heteroatoms. The van der Waals surface area contributed by atoms with E-state index < -0.39 is 0 Å². The minimum absolute atomic E-state index is 0. The molecule has 2 N–H and O–H groups in total. The first-order valence-corrected chi connectivity index (χ1v) is 10.6. The number of nitrogens with one attached hydrogen (secondary N) is 2. The van der Waals surface area contributed by atoms with Crippen LogP contribution in [-0.4, -0.2) is 57.4 Å². The van der Waals surface area contributed by atoms with Crippen molar-refractivity contribution < 1.29 is 9.47 Å². The summed E-state index contributed by atoms with van der Waals surface area (Å²) in [6, 6.07) is 12.1. The lowest BCUT2D eigenvalue weighted by Gasteiger charge is -2.20. The van der Waals surface area contributed by atoms with Crippen LogP contribution in [0.15, 0.2) is 47.6 Å². The van der Waals surface area contributed by atoms with Crippen molar-refractivity contribution in [3.8, 4) is 5.75 Å². The lowest BCUT2D eigenvalue weighted by Crippen LogP contribution is -2.44. The number of guanidine groups is 1. The summed E-state index contributed by atoms with van der Waals surface area (Å²) in [5, 5.41) is 7.57. The first kappa shape index (κ1) is 25.5. The molecule has 1 aromatic carbocycles. The van der Waals surface area contributed by atoms with Crippen LogP contribution in [0.2, 0.25) is 5.02 Å². The highest BCUT2D eigenvalue weighted by Gasteiger charge is 2.25. The Morgan fingerprint density at radius 1 is 1.29 bits per heavy atom. The van der Waals surface area contributed by atoms with Crippen LogP contribution < -0.4 is 20.3 Å². The van der Waals surface area contributed by atoms with E-state index in [4.69, 9.17) is 21.1 Å². The van der Waals surface area contributed by atoms with Gasteiger partial charge in [-0.1, -0.05) is 23.7 Å². The molecule has 0 saturated carbocycles. The summed E-state index contributed by atoms with van der Waals surface area (Å²) in [5.74, 6) is 2.49. The van der Waals surface area contributed by atoms with Crippen molar-refractivity contribution >= 4 is 47.4 Å². The predicted octanol–water partition coefficient (Wildman–Crippen LogP) is 3.71. The second-order valence-corrected chi connectivity index (χ2v) is 7.56. The molecule has 2 aromatic rings. The largest absolute Gasteiger partial charge is 0.493 e. The molecular formula is C22H31ClIN5O2. The van der Waals surface area contributed by atoms with Crippen LogP contribution in [0.25, 0.3) is 0 Å². The molecule has 0 amide bonds. The fraction of sp³-hybridized carbons (Fsp3) is 0.455. The van der Waals surface area contributed by atoms with Crippen molar-refractivity contribution in [2.75, 3.05) is 45.4 Å². The SMILES string of the molecule is CN=C(NCc1cccc(OCCCOC)c1)NC1CCN(c2ncccc2Cl)C1.I. The van der Waals surface area contributed by atoms with Gasteiger partial charge >= 0.3 is 0 Å². The van der Waals surface area contributed by atoms with Crippen LogP contribution >= 0.6 is 35.6 Å². The summed E-state index contributed by atoms with van der Waals surface area (Å²) in [6.07, 6.45) is 3.65. The van der Waals surface area contributed by atoms with Crippen molar-refractivity contribution in [1.29, 1.82) is 0 Å². The number of hydrogen-bond donors (Lipinski definition) is 2. The van der Waals surface area contributed by atoms with Gasteiger partial charge in [-0.3, -0.25) is 4.99 Å². The van der Waals surface area contributed by atoms with E-state index in [1.165, 1.54) is 0 Å². The maximum absolute atomic E-state index is 6.29. The molecule has 1 fully saturated rings. The summed E-state index contributed by atoms with van der Waals surface area (Å²) in [7, 11) is 3.48. The second kappa shape index (κ2) is 13.6. The van der Waals surface area contributed by atoms with E-state index in [1.54, 1.807) is 20.4 Å². The highest BCUT2D eigenvalue weighted by atomic mass is 127. The number of hydrogen-bond acceptors (Lipinski definition) is 5. The number of ether oxygens (including phenoxy) is 2. The molecule has 1 atom stereocenters. The number of pyridine rings is 1. The number of rotatable bonds is 9. The Morgan fingerprint density at radius 2 is 2.16 bits per heavy atom.